The van der Waals surface area contributed by atoms with Gasteiger partial charge in [0.05, 0.1) is 4.90 Å². The number of nitro groups is 1. The maximum absolute atomic E-state index is 11.8. The smallest absolute Gasteiger partial charge is 0.238 e. The second-order valence-electron chi connectivity index (χ2n) is 4.32. The van der Waals surface area contributed by atoms with E-state index in [2.05, 4.69) is 0 Å². The van der Waals surface area contributed by atoms with E-state index < -0.39 is 14.9 Å². The lowest BCUT2D eigenvalue weighted by Crippen LogP contribution is -2.16. The quantitative estimate of drug-likeness (QED) is 0.471. The monoisotopic (exact) mass is 286 g/mol. The number of carbonyl (C=O) groups excluding carboxylic acids is 1. The summed E-state index contributed by atoms with van der Waals surface area (Å²) in [6.07, 6.45) is 0.0374. The highest BCUT2D eigenvalue weighted by Crippen LogP contribution is 2.13. The molecule has 0 heterocycles. The van der Waals surface area contributed by atoms with Gasteiger partial charge in [-0.25, -0.2) is 13.6 Å². The van der Waals surface area contributed by atoms with E-state index in [0.29, 0.717) is 5.56 Å². The first-order valence-corrected chi connectivity index (χ1v) is 7.02. The summed E-state index contributed by atoms with van der Waals surface area (Å²) in [5.41, 5.74) is 0.308. The van der Waals surface area contributed by atoms with Crippen molar-refractivity contribution in [2.75, 3.05) is 6.54 Å². The molecule has 0 fully saturated rings. The molecule has 0 saturated carbocycles. The van der Waals surface area contributed by atoms with Crippen LogP contribution in [0.4, 0.5) is 0 Å². The standard InChI is InChI=1S/C11H14N2O5S/c1-8(7-13(15)16)6-11(14)9-2-4-10(5-3-9)19(12,17)18/h2-5,8H,6-7H2,1H3,(H2,12,17,18). The largest absolute Gasteiger partial charge is 0.294 e. The molecule has 1 rings (SSSR count). The normalized spacial score (nSPS) is 12.9. The number of carbonyl (C=O) groups is 1. The molecule has 2 N–H and O–H groups in total. The average molecular weight is 286 g/mol. The average Bonchev–Trinajstić information content (AvgIpc) is 2.26. The van der Waals surface area contributed by atoms with Crippen LogP contribution >= 0.6 is 0 Å². The van der Waals surface area contributed by atoms with Gasteiger partial charge in [0.1, 0.15) is 0 Å². The molecule has 8 heteroatoms. The van der Waals surface area contributed by atoms with E-state index in [0.717, 1.165) is 0 Å². The number of primary sulfonamides is 1. The van der Waals surface area contributed by atoms with Crippen molar-refractivity contribution in [2.24, 2.45) is 11.1 Å². The Kier molecular flexibility index (Phi) is 4.73. The van der Waals surface area contributed by atoms with Crippen LogP contribution in [0.5, 0.6) is 0 Å². The summed E-state index contributed by atoms with van der Waals surface area (Å²) in [6, 6.07) is 5.17. The lowest BCUT2D eigenvalue weighted by atomic mass is 10.00. The second-order valence-corrected chi connectivity index (χ2v) is 5.88. The number of nitrogens with two attached hydrogens (primary N) is 1. The van der Waals surface area contributed by atoms with Gasteiger partial charge in [0, 0.05) is 22.8 Å². The molecule has 1 atom stereocenters. The Morgan fingerprint density at radius 1 is 1.37 bits per heavy atom. The Balaban J connectivity index is 2.76. The zero-order valence-electron chi connectivity index (χ0n) is 10.3. The maximum Gasteiger partial charge on any atom is 0.238 e. The number of hydrogen-bond acceptors (Lipinski definition) is 5. The summed E-state index contributed by atoms with van der Waals surface area (Å²) in [5, 5.41) is 15.2. The number of ketones is 1. The van der Waals surface area contributed by atoms with Crippen molar-refractivity contribution >= 4 is 15.8 Å². The van der Waals surface area contributed by atoms with E-state index in [9.17, 15) is 23.3 Å². The Hall–Kier alpha value is -1.80. The van der Waals surface area contributed by atoms with Gasteiger partial charge in [0.25, 0.3) is 0 Å². The minimum Gasteiger partial charge on any atom is -0.294 e. The van der Waals surface area contributed by atoms with Crippen molar-refractivity contribution in [3.63, 3.8) is 0 Å². The molecule has 104 valence electrons. The minimum absolute atomic E-state index is 0.0374. The number of Topliss-reactive ketones (excluding diaryl/α,β-unsaturated/α-hetero) is 1. The first kappa shape index (κ1) is 15.3. The van der Waals surface area contributed by atoms with E-state index >= 15 is 0 Å². The molecular weight excluding hydrogens is 272 g/mol. The third-order valence-electron chi connectivity index (χ3n) is 2.50. The van der Waals surface area contributed by atoms with Crippen LogP contribution in [-0.2, 0) is 10.0 Å². The van der Waals surface area contributed by atoms with Crippen molar-refractivity contribution in [1.82, 2.24) is 0 Å². The molecule has 0 spiro atoms. The molecule has 1 unspecified atom stereocenters. The van der Waals surface area contributed by atoms with Gasteiger partial charge in [-0.1, -0.05) is 19.1 Å². The molecule has 0 saturated heterocycles. The van der Waals surface area contributed by atoms with Gasteiger partial charge in [0.2, 0.25) is 16.6 Å². The Morgan fingerprint density at radius 3 is 2.32 bits per heavy atom. The Morgan fingerprint density at radius 2 is 1.89 bits per heavy atom. The second kappa shape index (κ2) is 5.89. The van der Waals surface area contributed by atoms with Gasteiger partial charge in [-0.3, -0.25) is 14.9 Å². The van der Waals surface area contributed by atoms with Crippen LogP contribution in [0.25, 0.3) is 0 Å². The highest BCUT2D eigenvalue weighted by atomic mass is 32.2. The summed E-state index contributed by atoms with van der Waals surface area (Å²) >= 11 is 0. The first-order chi connectivity index (χ1) is 8.70. The zero-order chi connectivity index (χ0) is 14.6. The van der Waals surface area contributed by atoms with Gasteiger partial charge in [0.15, 0.2) is 5.78 Å². The SMILES string of the molecule is CC(CC(=O)c1ccc(S(N)(=O)=O)cc1)C[N+](=O)[O-]. The van der Waals surface area contributed by atoms with Gasteiger partial charge in [-0.2, -0.15) is 0 Å². The number of nitrogens with zero attached hydrogens (tertiary/aromatic N) is 1. The fourth-order valence-corrected chi connectivity index (χ4v) is 2.10. The van der Waals surface area contributed by atoms with Crippen molar-refractivity contribution in [2.45, 2.75) is 18.2 Å². The number of rotatable bonds is 6. The summed E-state index contributed by atoms with van der Waals surface area (Å²) in [6.45, 7) is 1.33. The minimum atomic E-state index is -3.78. The summed E-state index contributed by atoms with van der Waals surface area (Å²) in [5.74, 6) is -0.643. The van der Waals surface area contributed by atoms with Gasteiger partial charge < -0.3 is 0 Å². The van der Waals surface area contributed by atoms with Crippen molar-refractivity contribution in [3.8, 4) is 0 Å². The topological polar surface area (TPSA) is 120 Å². The molecule has 0 bridgehead atoms. The van der Waals surface area contributed by atoms with Crippen molar-refractivity contribution in [3.05, 3.63) is 39.9 Å². The fourth-order valence-electron chi connectivity index (χ4n) is 1.58. The van der Waals surface area contributed by atoms with E-state index in [4.69, 9.17) is 5.14 Å². The highest BCUT2D eigenvalue weighted by Gasteiger charge is 2.16. The van der Waals surface area contributed by atoms with Crippen LogP contribution in [0, 0.1) is 16.0 Å². The third-order valence-corrected chi connectivity index (χ3v) is 3.43. The maximum atomic E-state index is 11.8. The first-order valence-electron chi connectivity index (χ1n) is 5.48. The molecule has 0 aromatic heterocycles. The third kappa shape index (κ3) is 4.76. The zero-order valence-corrected chi connectivity index (χ0v) is 11.1. The fraction of sp³-hybridized carbons (Fsp3) is 0.364. The van der Waals surface area contributed by atoms with Crippen LogP contribution in [0.3, 0.4) is 0 Å². The van der Waals surface area contributed by atoms with Gasteiger partial charge in [-0.15, -0.1) is 0 Å². The van der Waals surface area contributed by atoms with Crippen LogP contribution in [0.2, 0.25) is 0 Å². The summed E-state index contributed by atoms with van der Waals surface area (Å²) < 4.78 is 22.1. The van der Waals surface area contributed by atoms with Crippen molar-refractivity contribution < 1.29 is 18.1 Å². The van der Waals surface area contributed by atoms with Crippen LogP contribution < -0.4 is 5.14 Å². The van der Waals surface area contributed by atoms with Crippen LogP contribution in [-0.4, -0.2) is 25.7 Å². The van der Waals surface area contributed by atoms with Gasteiger partial charge >= 0.3 is 0 Å². The highest BCUT2D eigenvalue weighted by molar-refractivity contribution is 7.89. The van der Waals surface area contributed by atoms with E-state index in [1.165, 1.54) is 24.3 Å². The Bertz CT molecular complexity index is 580. The summed E-state index contributed by atoms with van der Waals surface area (Å²) in [4.78, 5) is 21.5. The molecule has 7 nitrogen and oxygen atoms in total. The molecule has 0 radical (unpaired) electrons. The lowest BCUT2D eigenvalue weighted by Gasteiger charge is -2.06. The molecule has 19 heavy (non-hydrogen) atoms. The molecular formula is C11H14N2O5S. The van der Waals surface area contributed by atoms with E-state index in [1.807, 2.05) is 0 Å². The Labute approximate surface area is 110 Å². The molecule has 0 aliphatic carbocycles. The predicted molar refractivity (Wildman–Crippen MR) is 67.8 cm³/mol. The van der Waals surface area contributed by atoms with E-state index in [-0.39, 0.29) is 29.6 Å². The molecule has 0 amide bonds. The molecule has 1 aromatic carbocycles. The summed E-state index contributed by atoms with van der Waals surface area (Å²) in [7, 11) is -3.78. The van der Waals surface area contributed by atoms with Gasteiger partial charge in [-0.05, 0) is 12.1 Å². The number of hydrogen-bond donors (Lipinski definition) is 1. The van der Waals surface area contributed by atoms with E-state index in [1.54, 1.807) is 6.92 Å². The number of benzene rings is 1. The number of sulfonamides is 1. The van der Waals surface area contributed by atoms with Crippen LogP contribution in [0.1, 0.15) is 23.7 Å². The lowest BCUT2D eigenvalue weighted by molar-refractivity contribution is -0.487. The predicted octanol–water partition coefficient (Wildman–Crippen LogP) is 0.820. The van der Waals surface area contributed by atoms with Crippen molar-refractivity contribution in [1.29, 1.82) is 0 Å². The van der Waals surface area contributed by atoms with Crippen LogP contribution in [0.15, 0.2) is 29.2 Å². The molecule has 1 aromatic rings. The molecule has 0 aliphatic rings. The molecule has 0 aliphatic heterocycles.